The number of carbonyl (C=O) groups excluding carboxylic acids is 1. The van der Waals surface area contributed by atoms with Crippen LogP contribution >= 0.6 is 0 Å². The molecule has 0 aromatic carbocycles. The lowest BCUT2D eigenvalue weighted by Gasteiger charge is -2.31. The molecule has 0 saturated carbocycles. The van der Waals surface area contributed by atoms with Crippen molar-refractivity contribution in [1.29, 1.82) is 0 Å². The SMILES string of the molecule is Cc1cc(C)nc(NC2CCCN(C(N)=O)C2)n1. The van der Waals surface area contributed by atoms with Gasteiger partial charge in [-0.15, -0.1) is 0 Å². The van der Waals surface area contributed by atoms with E-state index in [4.69, 9.17) is 5.73 Å². The quantitative estimate of drug-likeness (QED) is 0.820. The summed E-state index contributed by atoms with van der Waals surface area (Å²) in [5.41, 5.74) is 7.17. The van der Waals surface area contributed by atoms with Crippen molar-refractivity contribution < 1.29 is 4.79 Å². The number of anilines is 1. The summed E-state index contributed by atoms with van der Waals surface area (Å²) in [4.78, 5) is 21.5. The fourth-order valence-corrected chi connectivity index (χ4v) is 2.27. The van der Waals surface area contributed by atoms with Gasteiger partial charge in [-0.25, -0.2) is 14.8 Å². The maximum Gasteiger partial charge on any atom is 0.314 e. The molecule has 2 rings (SSSR count). The molecule has 0 radical (unpaired) electrons. The highest BCUT2D eigenvalue weighted by Gasteiger charge is 2.22. The summed E-state index contributed by atoms with van der Waals surface area (Å²) in [6.07, 6.45) is 1.95. The van der Waals surface area contributed by atoms with Crippen LogP contribution in [0.3, 0.4) is 0 Å². The average Bonchev–Trinajstić information content (AvgIpc) is 2.27. The molecule has 6 nitrogen and oxygen atoms in total. The van der Waals surface area contributed by atoms with Gasteiger partial charge in [0.05, 0.1) is 0 Å². The summed E-state index contributed by atoms with van der Waals surface area (Å²) < 4.78 is 0. The first kappa shape index (κ1) is 12.6. The number of piperidine rings is 1. The van der Waals surface area contributed by atoms with Gasteiger partial charge in [0.1, 0.15) is 0 Å². The molecule has 2 amide bonds. The van der Waals surface area contributed by atoms with E-state index in [-0.39, 0.29) is 12.1 Å². The summed E-state index contributed by atoms with van der Waals surface area (Å²) in [5, 5.41) is 3.28. The van der Waals surface area contributed by atoms with E-state index in [0.717, 1.165) is 30.8 Å². The lowest BCUT2D eigenvalue weighted by molar-refractivity contribution is 0.192. The van der Waals surface area contributed by atoms with Crippen LogP contribution in [0, 0.1) is 13.8 Å². The normalized spacial score (nSPS) is 19.7. The van der Waals surface area contributed by atoms with Crippen LogP contribution in [-0.2, 0) is 0 Å². The third-order valence-electron chi connectivity index (χ3n) is 3.05. The Kier molecular flexibility index (Phi) is 3.64. The van der Waals surface area contributed by atoms with Crippen molar-refractivity contribution in [3.63, 3.8) is 0 Å². The number of rotatable bonds is 2. The molecule has 0 bridgehead atoms. The Labute approximate surface area is 107 Å². The van der Waals surface area contributed by atoms with Crippen molar-refractivity contribution in [2.45, 2.75) is 32.7 Å². The first-order chi connectivity index (χ1) is 8.54. The standard InChI is InChI=1S/C12H19N5O/c1-8-6-9(2)15-12(14-8)16-10-4-3-5-17(7-10)11(13)18/h6,10H,3-5,7H2,1-2H3,(H2,13,18)(H,14,15,16). The topological polar surface area (TPSA) is 84.1 Å². The summed E-state index contributed by atoms with van der Waals surface area (Å²) >= 11 is 0. The maximum atomic E-state index is 11.1. The summed E-state index contributed by atoms with van der Waals surface area (Å²) in [6, 6.07) is 1.75. The van der Waals surface area contributed by atoms with Crippen LogP contribution in [0.2, 0.25) is 0 Å². The number of urea groups is 1. The number of primary amides is 1. The number of hydrogen-bond acceptors (Lipinski definition) is 4. The van der Waals surface area contributed by atoms with E-state index in [1.165, 1.54) is 0 Å². The Bertz CT molecular complexity index is 428. The molecule has 1 fully saturated rings. The number of likely N-dealkylation sites (tertiary alicyclic amines) is 1. The van der Waals surface area contributed by atoms with Gasteiger partial charge in [0, 0.05) is 30.5 Å². The highest BCUT2D eigenvalue weighted by Crippen LogP contribution is 2.14. The van der Waals surface area contributed by atoms with E-state index in [9.17, 15) is 4.79 Å². The molecule has 1 atom stereocenters. The van der Waals surface area contributed by atoms with Crippen molar-refractivity contribution in [2.24, 2.45) is 5.73 Å². The van der Waals surface area contributed by atoms with E-state index in [0.29, 0.717) is 12.5 Å². The molecular formula is C12H19N5O. The predicted octanol–water partition coefficient (Wildman–Crippen LogP) is 1.05. The maximum absolute atomic E-state index is 11.1. The molecule has 0 spiro atoms. The third-order valence-corrected chi connectivity index (χ3v) is 3.05. The summed E-state index contributed by atoms with van der Waals surface area (Å²) in [6.45, 7) is 5.24. The van der Waals surface area contributed by atoms with Gasteiger partial charge in [0.25, 0.3) is 0 Å². The van der Waals surface area contributed by atoms with Crippen LogP contribution in [0.5, 0.6) is 0 Å². The monoisotopic (exact) mass is 249 g/mol. The van der Waals surface area contributed by atoms with E-state index in [2.05, 4.69) is 15.3 Å². The summed E-state index contributed by atoms with van der Waals surface area (Å²) in [7, 11) is 0. The van der Waals surface area contributed by atoms with E-state index in [1.807, 2.05) is 19.9 Å². The Morgan fingerprint density at radius 1 is 1.44 bits per heavy atom. The molecule has 1 aromatic heterocycles. The smallest absolute Gasteiger partial charge is 0.314 e. The molecule has 1 aliphatic heterocycles. The number of amides is 2. The second-order valence-corrected chi connectivity index (χ2v) is 4.74. The molecule has 1 aliphatic rings. The number of nitrogens with one attached hydrogen (secondary N) is 1. The number of nitrogens with two attached hydrogens (primary N) is 1. The molecule has 0 aliphatic carbocycles. The van der Waals surface area contributed by atoms with Crippen LogP contribution in [0.4, 0.5) is 10.7 Å². The molecule has 1 unspecified atom stereocenters. The lowest BCUT2D eigenvalue weighted by atomic mass is 10.1. The van der Waals surface area contributed by atoms with E-state index < -0.39 is 0 Å². The zero-order valence-corrected chi connectivity index (χ0v) is 10.8. The van der Waals surface area contributed by atoms with Crippen LogP contribution < -0.4 is 11.1 Å². The van der Waals surface area contributed by atoms with Gasteiger partial charge >= 0.3 is 6.03 Å². The minimum Gasteiger partial charge on any atom is -0.351 e. The van der Waals surface area contributed by atoms with Gasteiger partial charge < -0.3 is 16.0 Å². The van der Waals surface area contributed by atoms with Crippen molar-refractivity contribution in [3.05, 3.63) is 17.5 Å². The highest BCUT2D eigenvalue weighted by atomic mass is 16.2. The predicted molar refractivity (Wildman–Crippen MR) is 69.3 cm³/mol. The Balaban J connectivity index is 2.02. The number of hydrogen-bond donors (Lipinski definition) is 2. The molecular weight excluding hydrogens is 230 g/mol. The van der Waals surface area contributed by atoms with Crippen LogP contribution in [-0.4, -0.2) is 40.0 Å². The van der Waals surface area contributed by atoms with E-state index >= 15 is 0 Å². The van der Waals surface area contributed by atoms with Crippen LogP contribution in [0.1, 0.15) is 24.2 Å². The molecule has 1 saturated heterocycles. The summed E-state index contributed by atoms with van der Waals surface area (Å²) in [5.74, 6) is 0.629. The molecule has 1 aromatic rings. The largest absolute Gasteiger partial charge is 0.351 e. The Hall–Kier alpha value is -1.85. The highest BCUT2D eigenvalue weighted by molar-refractivity contribution is 5.72. The minimum atomic E-state index is -0.358. The molecule has 6 heteroatoms. The Morgan fingerprint density at radius 3 is 2.72 bits per heavy atom. The Morgan fingerprint density at radius 2 is 2.11 bits per heavy atom. The van der Waals surface area contributed by atoms with Crippen molar-refractivity contribution >= 4 is 12.0 Å². The second kappa shape index (κ2) is 5.20. The van der Waals surface area contributed by atoms with Crippen molar-refractivity contribution in [1.82, 2.24) is 14.9 Å². The van der Waals surface area contributed by atoms with Gasteiger partial charge in [-0.3, -0.25) is 0 Å². The van der Waals surface area contributed by atoms with E-state index in [1.54, 1.807) is 4.90 Å². The second-order valence-electron chi connectivity index (χ2n) is 4.74. The first-order valence-electron chi connectivity index (χ1n) is 6.18. The fourth-order valence-electron chi connectivity index (χ4n) is 2.27. The van der Waals surface area contributed by atoms with Crippen LogP contribution in [0.25, 0.3) is 0 Å². The molecule has 3 N–H and O–H groups in total. The third kappa shape index (κ3) is 3.09. The lowest BCUT2D eigenvalue weighted by Crippen LogP contribution is -2.47. The average molecular weight is 249 g/mol. The molecule has 98 valence electrons. The number of carbonyl (C=O) groups is 1. The first-order valence-corrected chi connectivity index (χ1v) is 6.18. The zero-order chi connectivity index (χ0) is 13.1. The van der Waals surface area contributed by atoms with Gasteiger partial charge in [-0.05, 0) is 32.8 Å². The number of nitrogens with zero attached hydrogens (tertiary/aromatic N) is 3. The van der Waals surface area contributed by atoms with Gasteiger partial charge in [-0.2, -0.15) is 0 Å². The van der Waals surface area contributed by atoms with Crippen molar-refractivity contribution in [3.8, 4) is 0 Å². The van der Waals surface area contributed by atoms with Gasteiger partial charge in [0.15, 0.2) is 0 Å². The fraction of sp³-hybridized carbons (Fsp3) is 0.583. The molecule has 18 heavy (non-hydrogen) atoms. The van der Waals surface area contributed by atoms with Gasteiger partial charge in [0.2, 0.25) is 5.95 Å². The zero-order valence-electron chi connectivity index (χ0n) is 10.8. The number of aryl methyl sites for hydroxylation is 2. The number of aromatic nitrogens is 2. The van der Waals surface area contributed by atoms with Crippen LogP contribution in [0.15, 0.2) is 6.07 Å². The van der Waals surface area contributed by atoms with Crippen molar-refractivity contribution in [2.75, 3.05) is 18.4 Å². The van der Waals surface area contributed by atoms with Gasteiger partial charge in [-0.1, -0.05) is 0 Å². The minimum absolute atomic E-state index is 0.174. The molecule has 2 heterocycles.